The maximum absolute atomic E-state index is 13.8. The van der Waals surface area contributed by atoms with Crippen LogP contribution in [0.15, 0.2) is 72.8 Å². The normalized spacial score (nSPS) is 11.4. The lowest BCUT2D eigenvalue weighted by molar-refractivity contribution is -0.133. The zero-order valence-electron chi connectivity index (χ0n) is 24.3. The predicted octanol–water partition coefficient (Wildman–Crippen LogP) is 5.82. The summed E-state index contributed by atoms with van der Waals surface area (Å²) in [5.74, 6) is 1.45. The molecular weight excluding hydrogens is 552 g/mol. The molecular formula is C32H36N4O5S. The highest BCUT2D eigenvalue weighted by Gasteiger charge is 2.25. The first-order valence-electron chi connectivity index (χ1n) is 13.8. The molecule has 4 aromatic rings. The van der Waals surface area contributed by atoms with Gasteiger partial charge in [0.05, 0.1) is 27.2 Å². The molecule has 0 radical (unpaired) electrons. The Labute approximate surface area is 250 Å². The Morgan fingerprint density at radius 2 is 1.67 bits per heavy atom. The first-order chi connectivity index (χ1) is 20.4. The molecule has 3 aromatic carbocycles. The molecule has 0 fully saturated rings. The van der Waals surface area contributed by atoms with Crippen LogP contribution >= 0.6 is 11.3 Å². The molecule has 2 amide bonds. The van der Waals surface area contributed by atoms with Crippen LogP contribution in [0, 0.1) is 0 Å². The van der Waals surface area contributed by atoms with Gasteiger partial charge in [0.15, 0.2) is 11.5 Å². The number of nitrogens with one attached hydrogen (secondary N) is 1. The van der Waals surface area contributed by atoms with Gasteiger partial charge in [0.1, 0.15) is 10.8 Å². The first kappa shape index (κ1) is 30.5. The van der Waals surface area contributed by atoms with E-state index in [0.717, 1.165) is 16.7 Å². The third kappa shape index (κ3) is 7.85. The van der Waals surface area contributed by atoms with Crippen molar-refractivity contribution in [1.82, 2.24) is 15.1 Å². The summed E-state index contributed by atoms with van der Waals surface area (Å²) in [6.07, 6.45) is 1.37. The number of aromatic nitrogens is 2. The molecule has 0 saturated carbocycles. The van der Waals surface area contributed by atoms with Crippen LogP contribution in [0.25, 0.3) is 10.6 Å². The molecule has 42 heavy (non-hydrogen) atoms. The van der Waals surface area contributed by atoms with Crippen LogP contribution < -0.4 is 19.5 Å². The molecule has 10 heteroatoms. The van der Waals surface area contributed by atoms with Crippen LogP contribution in [0.2, 0.25) is 0 Å². The van der Waals surface area contributed by atoms with Crippen molar-refractivity contribution in [3.63, 3.8) is 0 Å². The van der Waals surface area contributed by atoms with E-state index in [1.807, 2.05) is 79.7 Å². The third-order valence-corrected chi connectivity index (χ3v) is 7.82. The van der Waals surface area contributed by atoms with E-state index in [1.54, 1.807) is 26.2 Å². The summed E-state index contributed by atoms with van der Waals surface area (Å²) in [5, 5.41) is 12.2. The van der Waals surface area contributed by atoms with Crippen LogP contribution in [0.3, 0.4) is 0 Å². The lowest BCUT2D eigenvalue weighted by Gasteiger charge is -2.27. The van der Waals surface area contributed by atoms with Gasteiger partial charge in [0, 0.05) is 25.1 Å². The van der Waals surface area contributed by atoms with Gasteiger partial charge >= 0.3 is 0 Å². The van der Waals surface area contributed by atoms with Gasteiger partial charge in [-0.15, -0.1) is 10.2 Å². The van der Waals surface area contributed by atoms with Gasteiger partial charge < -0.3 is 24.4 Å². The Hall–Kier alpha value is -4.44. The quantitative estimate of drug-likeness (QED) is 0.198. The first-order valence-corrected chi connectivity index (χ1v) is 14.6. The summed E-state index contributed by atoms with van der Waals surface area (Å²) >= 11 is 1.28. The molecule has 0 aliphatic carbocycles. The summed E-state index contributed by atoms with van der Waals surface area (Å²) in [5.41, 5.74) is 2.82. The van der Waals surface area contributed by atoms with E-state index < -0.39 is 0 Å². The second-order valence-electron chi connectivity index (χ2n) is 9.58. The summed E-state index contributed by atoms with van der Waals surface area (Å²) in [4.78, 5) is 28.6. The summed E-state index contributed by atoms with van der Waals surface area (Å²) in [6.45, 7) is 2.72. The van der Waals surface area contributed by atoms with E-state index in [1.165, 1.54) is 11.3 Å². The number of nitrogens with zero attached hydrogens (tertiary/aromatic N) is 3. The Balaban J connectivity index is 1.45. The number of ether oxygens (including phenoxy) is 3. The minimum Gasteiger partial charge on any atom is -0.497 e. The molecule has 4 rings (SSSR count). The second-order valence-corrected chi connectivity index (χ2v) is 10.6. The molecule has 0 unspecified atom stereocenters. The van der Waals surface area contributed by atoms with E-state index in [0.29, 0.717) is 46.8 Å². The molecule has 0 saturated heterocycles. The number of rotatable bonds is 14. The van der Waals surface area contributed by atoms with Crippen molar-refractivity contribution in [3.05, 3.63) is 83.9 Å². The molecule has 9 nitrogen and oxygen atoms in total. The predicted molar refractivity (Wildman–Crippen MR) is 164 cm³/mol. The van der Waals surface area contributed by atoms with Crippen molar-refractivity contribution in [2.75, 3.05) is 39.7 Å². The van der Waals surface area contributed by atoms with Crippen molar-refractivity contribution in [3.8, 4) is 27.8 Å². The second kappa shape index (κ2) is 15.0. The highest BCUT2D eigenvalue weighted by Crippen LogP contribution is 2.30. The molecule has 220 valence electrons. The molecule has 0 aliphatic heterocycles. The maximum atomic E-state index is 13.8. The Morgan fingerprint density at radius 3 is 2.38 bits per heavy atom. The molecule has 0 bridgehead atoms. The fourth-order valence-corrected chi connectivity index (χ4v) is 5.41. The SMILES string of the molecule is CC[C@H](C(=O)N(CCC(=O)Nc1nnc(-c2cccc(OC)c2)s1)CCc1ccc(OC)c(OC)c1)c1ccccc1. The maximum Gasteiger partial charge on any atom is 0.230 e. The Kier molecular flexibility index (Phi) is 10.9. The van der Waals surface area contributed by atoms with Gasteiger partial charge in [-0.05, 0) is 48.2 Å². The fraction of sp³-hybridized carbons (Fsp3) is 0.312. The minimum atomic E-state index is -0.298. The lowest BCUT2D eigenvalue weighted by Crippen LogP contribution is -2.38. The van der Waals surface area contributed by atoms with Crippen molar-refractivity contribution < 1.29 is 23.8 Å². The monoisotopic (exact) mass is 588 g/mol. The van der Waals surface area contributed by atoms with Crippen LogP contribution in [-0.2, 0) is 16.0 Å². The molecule has 0 spiro atoms. The summed E-state index contributed by atoms with van der Waals surface area (Å²) < 4.78 is 16.1. The zero-order valence-corrected chi connectivity index (χ0v) is 25.1. The molecule has 1 atom stereocenters. The van der Waals surface area contributed by atoms with Crippen LogP contribution in [0.1, 0.15) is 36.8 Å². The smallest absolute Gasteiger partial charge is 0.230 e. The van der Waals surface area contributed by atoms with Gasteiger partial charge in [-0.25, -0.2) is 0 Å². The Bertz CT molecular complexity index is 1480. The standard InChI is InChI=1S/C32H36N4O5S/c1-5-26(23-10-7-6-8-11-23)31(38)36(18-16-22-14-15-27(40-3)28(20-22)41-4)19-17-29(37)33-32-35-34-30(42-32)24-12-9-13-25(21-24)39-2/h6-15,20-21,26H,5,16-19H2,1-4H3,(H,33,35,37)/t26-/m0/s1. The average molecular weight is 589 g/mol. The van der Waals surface area contributed by atoms with E-state index in [2.05, 4.69) is 15.5 Å². The van der Waals surface area contributed by atoms with Crippen LogP contribution in [0.4, 0.5) is 5.13 Å². The van der Waals surface area contributed by atoms with E-state index in [4.69, 9.17) is 14.2 Å². The Morgan fingerprint density at radius 1 is 0.881 bits per heavy atom. The van der Waals surface area contributed by atoms with E-state index >= 15 is 0 Å². The van der Waals surface area contributed by atoms with Crippen LogP contribution in [-0.4, -0.2) is 61.3 Å². The lowest BCUT2D eigenvalue weighted by atomic mass is 9.94. The number of hydrogen-bond donors (Lipinski definition) is 1. The number of hydrogen-bond acceptors (Lipinski definition) is 8. The molecule has 1 heterocycles. The number of carbonyl (C=O) groups is 2. The fourth-order valence-electron chi connectivity index (χ4n) is 4.66. The van der Waals surface area contributed by atoms with Gasteiger partial charge in [-0.3, -0.25) is 9.59 Å². The van der Waals surface area contributed by atoms with Gasteiger partial charge in [-0.2, -0.15) is 0 Å². The zero-order chi connectivity index (χ0) is 29.9. The number of carbonyl (C=O) groups excluding carboxylic acids is 2. The van der Waals surface area contributed by atoms with Gasteiger partial charge in [0.2, 0.25) is 16.9 Å². The number of methoxy groups -OCH3 is 3. The van der Waals surface area contributed by atoms with Crippen molar-refractivity contribution in [1.29, 1.82) is 0 Å². The third-order valence-electron chi connectivity index (χ3n) is 6.94. The largest absolute Gasteiger partial charge is 0.497 e. The summed E-state index contributed by atoms with van der Waals surface area (Å²) in [7, 11) is 4.80. The van der Waals surface area contributed by atoms with Crippen molar-refractivity contribution >= 4 is 28.3 Å². The minimum absolute atomic E-state index is 0.00629. The number of benzene rings is 3. The topological polar surface area (TPSA) is 103 Å². The average Bonchev–Trinajstić information content (AvgIpc) is 3.50. The van der Waals surface area contributed by atoms with E-state index in [-0.39, 0.29) is 30.7 Å². The molecule has 1 aromatic heterocycles. The van der Waals surface area contributed by atoms with Crippen molar-refractivity contribution in [2.45, 2.75) is 32.1 Å². The van der Waals surface area contributed by atoms with Gasteiger partial charge in [-0.1, -0.05) is 66.8 Å². The molecule has 1 N–H and O–H groups in total. The van der Waals surface area contributed by atoms with Crippen LogP contribution in [0.5, 0.6) is 17.2 Å². The number of anilines is 1. The van der Waals surface area contributed by atoms with Crippen molar-refractivity contribution in [2.24, 2.45) is 0 Å². The number of amides is 2. The summed E-state index contributed by atoms with van der Waals surface area (Å²) in [6, 6.07) is 23.0. The molecule has 0 aliphatic rings. The van der Waals surface area contributed by atoms with E-state index in [9.17, 15) is 9.59 Å². The highest BCUT2D eigenvalue weighted by molar-refractivity contribution is 7.18. The van der Waals surface area contributed by atoms with Gasteiger partial charge in [0.25, 0.3) is 0 Å². The highest BCUT2D eigenvalue weighted by atomic mass is 32.1.